The molecule has 0 saturated carbocycles. The number of rotatable bonds is 5. The molecule has 0 aliphatic heterocycles. The van der Waals surface area contributed by atoms with Gasteiger partial charge in [-0.3, -0.25) is 0 Å². The fourth-order valence-corrected chi connectivity index (χ4v) is 3.04. The van der Waals surface area contributed by atoms with Crippen molar-refractivity contribution in [1.82, 2.24) is 4.72 Å². The molecule has 0 unspecified atom stereocenters. The van der Waals surface area contributed by atoms with Crippen LogP contribution in [0.15, 0.2) is 22.3 Å². The number of sulfonamides is 1. The molecule has 0 atom stereocenters. The minimum atomic E-state index is -5.24. The number of halogens is 3. The molecule has 1 N–H and O–H groups in total. The van der Waals surface area contributed by atoms with Crippen molar-refractivity contribution in [3.8, 4) is 0 Å². The predicted molar refractivity (Wildman–Crippen MR) is 72.4 cm³/mol. The predicted octanol–water partition coefficient (Wildman–Crippen LogP) is 3.51. The van der Waals surface area contributed by atoms with Crippen LogP contribution in [-0.2, 0) is 10.0 Å². The van der Waals surface area contributed by atoms with E-state index >= 15 is 0 Å². The summed E-state index contributed by atoms with van der Waals surface area (Å²) in [7, 11) is -5.22. The minimum Gasteiger partial charge on any atom is -0.207 e. The Morgan fingerprint density at radius 1 is 1.05 bits per heavy atom. The monoisotopic (exact) mass is 311 g/mol. The zero-order valence-electron chi connectivity index (χ0n) is 12.1. The average molecular weight is 311 g/mol. The van der Waals surface area contributed by atoms with Crippen molar-refractivity contribution in [2.24, 2.45) is 5.92 Å². The smallest absolute Gasteiger partial charge is 0.207 e. The lowest BCUT2D eigenvalue weighted by Crippen LogP contribution is -2.37. The second-order valence-electron chi connectivity index (χ2n) is 5.15. The van der Waals surface area contributed by atoms with Crippen LogP contribution >= 0.6 is 0 Å². The number of alkyl halides is 3. The van der Waals surface area contributed by atoms with Crippen LogP contribution in [0.2, 0.25) is 0 Å². The molecule has 0 aromatic rings. The van der Waals surface area contributed by atoms with Gasteiger partial charge in [-0.15, -0.1) is 0 Å². The Morgan fingerprint density at radius 2 is 1.50 bits per heavy atom. The van der Waals surface area contributed by atoms with Gasteiger partial charge in [-0.05, 0) is 51.7 Å². The number of nitrogens with one attached hydrogen (secondary N) is 1. The Labute approximate surface area is 118 Å². The Kier molecular flexibility index (Phi) is 5.08. The SMILES string of the molecule is CC1=C(C)C(CCCNS(=O)(=O)C(F)(F)F)C(C)=C1C. The second-order valence-corrected chi connectivity index (χ2v) is 6.91. The molecule has 116 valence electrons. The molecule has 20 heavy (non-hydrogen) atoms. The molecule has 0 saturated heterocycles. The average Bonchev–Trinajstić information content (AvgIpc) is 2.50. The Hall–Kier alpha value is -0.820. The van der Waals surface area contributed by atoms with Gasteiger partial charge >= 0.3 is 15.5 Å². The molecule has 1 aliphatic carbocycles. The molecular weight excluding hydrogens is 291 g/mol. The number of hydrogen-bond acceptors (Lipinski definition) is 2. The van der Waals surface area contributed by atoms with E-state index in [4.69, 9.17) is 0 Å². The largest absolute Gasteiger partial charge is 0.511 e. The van der Waals surface area contributed by atoms with Crippen molar-refractivity contribution in [1.29, 1.82) is 0 Å². The number of allylic oxidation sites excluding steroid dienone is 4. The van der Waals surface area contributed by atoms with Gasteiger partial charge < -0.3 is 0 Å². The van der Waals surface area contributed by atoms with Gasteiger partial charge in [0.2, 0.25) is 0 Å². The van der Waals surface area contributed by atoms with Gasteiger partial charge in [0.05, 0.1) is 0 Å². The van der Waals surface area contributed by atoms with Gasteiger partial charge in [0.25, 0.3) is 0 Å². The summed E-state index contributed by atoms with van der Waals surface area (Å²) in [6.45, 7) is 7.89. The molecule has 1 aliphatic rings. The third kappa shape index (κ3) is 3.44. The normalized spacial score (nSPS) is 18.4. The second kappa shape index (κ2) is 5.89. The summed E-state index contributed by atoms with van der Waals surface area (Å²) in [5.41, 5.74) is -0.344. The lowest BCUT2D eigenvalue weighted by molar-refractivity contribution is -0.0447. The Balaban J connectivity index is 2.52. The van der Waals surface area contributed by atoms with E-state index in [0.29, 0.717) is 12.8 Å². The van der Waals surface area contributed by atoms with Crippen LogP contribution in [-0.4, -0.2) is 20.5 Å². The quantitative estimate of drug-likeness (QED) is 0.790. The first-order valence-electron chi connectivity index (χ1n) is 6.40. The van der Waals surface area contributed by atoms with Gasteiger partial charge in [-0.2, -0.15) is 13.2 Å². The van der Waals surface area contributed by atoms with Crippen molar-refractivity contribution in [2.45, 2.75) is 46.0 Å². The molecule has 0 aromatic carbocycles. The molecule has 3 nitrogen and oxygen atoms in total. The highest BCUT2D eigenvalue weighted by molar-refractivity contribution is 7.90. The molecule has 7 heteroatoms. The summed E-state index contributed by atoms with van der Waals surface area (Å²) in [5, 5.41) is 0. The molecule has 0 aromatic heterocycles. The molecule has 1 rings (SSSR count). The summed E-state index contributed by atoms with van der Waals surface area (Å²) in [6.07, 6.45) is 1.02. The highest BCUT2D eigenvalue weighted by Gasteiger charge is 2.45. The molecule has 0 fully saturated rings. The first-order chi connectivity index (χ1) is 8.99. The summed E-state index contributed by atoms with van der Waals surface area (Å²) in [4.78, 5) is 0. The van der Waals surface area contributed by atoms with Crippen LogP contribution in [0.25, 0.3) is 0 Å². The maximum atomic E-state index is 12.1. The minimum absolute atomic E-state index is 0.197. The van der Waals surface area contributed by atoms with E-state index in [1.807, 2.05) is 27.7 Å². The lowest BCUT2D eigenvalue weighted by atomic mass is 9.92. The van der Waals surface area contributed by atoms with Gasteiger partial charge in [-0.1, -0.05) is 11.1 Å². The molecular formula is C13H20F3NO2S. The summed E-state index contributed by atoms with van der Waals surface area (Å²) < 4.78 is 59.6. The molecule has 0 radical (unpaired) electrons. The zero-order valence-corrected chi connectivity index (χ0v) is 12.9. The fourth-order valence-electron chi connectivity index (χ4n) is 2.47. The lowest BCUT2D eigenvalue weighted by Gasteiger charge is -2.15. The van der Waals surface area contributed by atoms with Gasteiger partial charge in [0, 0.05) is 12.5 Å². The van der Waals surface area contributed by atoms with E-state index in [2.05, 4.69) is 0 Å². The third-order valence-electron chi connectivity index (χ3n) is 4.06. The van der Waals surface area contributed by atoms with Crippen LogP contribution in [0, 0.1) is 5.92 Å². The van der Waals surface area contributed by atoms with Crippen molar-refractivity contribution >= 4 is 10.0 Å². The highest BCUT2D eigenvalue weighted by Crippen LogP contribution is 2.38. The Morgan fingerprint density at radius 3 is 1.90 bits per heavy atom. The van der Waals surface area contributed by atoms with E-state index in [9.17, 15) is 21.6 Å². The van der Waals surface area contributed by atoms with E-state index in [1.165, 1.54) is 22.3 Å². The van der Waals surface area contributed by atoms with E-state index in [1.54, 1.807) is 4.72 Å². The topological polar surface area (TPSA) is 46.2 Å². The van der Waals surface area contributed by atoms with Crippen LogP contribution < -0.4 is 4.72 Å². The highest BCUT2D eigenvalue weighted by atomic mass is 32.2. The molecule has 0 bridgehead atoms. The van der Waals surface area contributed by atoms with Gasteiger partial charge in [0.1, 0.15) is 0 Å². The van der Waals surface area contributed by atoms with Crippen LogP contribution in [0.4, 0.5) is 13.2 Å². The van der Waals surface area contributed by atoms with Crippen molar-refractivity contribution in [2.75, 3.05) is 6.54 Å². The first-order valence-corrected chi connectivity index (χ1v) is 7.88. The van der Waals surface area contributed by atoms with Crippen molar-refractivity contribution in [3.05, 3.63) is 22.3 Å². The third-order valence-corrected chi connectivity index (χ3v) is 5.25. The van der Waals surface area contributed by atoms with Gasteiger partial charge in [0.15, 0.2) is 0 Å². The maximum absolute atomic E-state index is 12.1. The zero-order chi connectivity index (χ0) is 15.7. The van der Waals surface area contributed by atoms with Crippen LogP contribution in [0.5, 0.6) is 0 Å². The van der Waals surface area contributed by atoms with E-state index in [0.717, 1.165) is 0 Å². The summed E-state index contributed by atoms with van der Waals surface area (Å²) >= 11 is 0. The first kappa shape index (κ1) is 17.2. The van der Waals surface area contributed by atoms with E-state index < -0.39 is 15.5 Å². The summed E-state index contributed by atoms with van der Waals surface area (Å²) in [6, 6.07) is 0. The fraction of sp³-hybridized carbons (Fsp3) is 0.692. The summed E-state index contributed by atoms with van der Waals surface area (Å²) in [5.74, 6) is 0.213. The molecule has 0 heterocycles. The van der Waals surface area contributed by atoms with Crippen LogP contribution in [0.1, 0.15) is 40.5 Å². The van der Waals surface area contributed by atoms with E-state index in [-0.39, 0.29) is 12.5 Å². The molecule has 0 amide bonds. The van der Waals surface area contributed by atoms with Crippen LogP contribution in [0.3, 0.4) is 0 Å². The molecule has 0 spiro atoms. The maximum Gasteiger partial charge on any atom is 0.511 e. The Bertz CT molecular complexity index is 520. The van der Waals surface area contributed by atoms with Gasteiger partial charge in [-0.25, -0.2) is 13.1 Å². The number of hydrogen-bond donors (Lipinski definition) is 1. The van der Waals surface area contributed by atoms with Crippen molar-refractivity contribution < 1.29 is 21.6 Å². The standard InChI is InChI=1S/C13H20F3NO2S/c1-8-9(2)11(4)12(10(8)3)6-5-7-17-20(18,19)13(14,15)16/h12,17H,5-7H2,1-4H3. The van der Waals surface area contributed by atoms with Crippen molar-refractivity contribution in [3.63, 3.8) is 0 Å².